The number of carbonyl (C=O) groups excluding carboxylic acids is 1. The van der Waals surface area contributed by atoms with Crippen molar-refractivity contribution in [2.75, 3.05) is 5.32 Å². The Morgan fingerprint density at radius 2 is 2.04 bits per heavy atom. The number of rotatable bonds is 4. The van der Waals surface area contributed by atoms with Gasteiger partial charge in [-0.3, -0.25) is 4.79 Å². The van der Waals surface area contributed by atoms with Crippen molar-refractivity contribution in [3.8, 4) is 0 Å². The van der Waals surface area contributed by atoms with E-state index in [1.165, 1.54) is 24.3 Å². The van der Waals surface area contributed by atoms with E-state index in [2.05, 4.69) is 10.4 Å². The fourth-order valence-electron chi connectivity index (χ4n) is 1.98. The Hall–Kier alpha value is -2.57. The second kappa shape index (κ2) is 6.68. The highest BCUT2D eigenvalue weighted by atomic mass is 19.4. The van der Waals surface area contributed by atoms with E-state index in [1.807, 2.05) is 13.8 Å². The van der Waals surface area contributed by atoms with Crippen LogP contribution in [0, 0.1) is 0 Å². The third kappa shape index (κ3) is 4.45. The van der Waals surface area contributed by atoms with Gasteiger partial charge in [0.25, 0.3) is 0 Å². The Balaban J connectivity index is 2.08. The molecular weight excluding hydrogens is 307 g/mol. The van der Waals surface area contributed by atoms with Crippen LogP contribution in [0.3, 0.4) is 0 Å². The molecule has 0 atom stereocenters. The zero-order valence-electron chi connectivity index (χ0n) is 12.6. The van der Waals surface area contributed by atoms with E-state index >= 15 is 0 Å². The van der Waals surface area contributed by atoms with Crippen LogP contribution in [0.1, 0.15) is 31.0 Å². The van der Waals surface area contributed by atoms with E-state index in [0.717, 1.165) is 12.1 Å². The molecule has 0 aliphatic heterocycles. The predicted molar refractivity (Wildman–Crippen MR) is 81.7 cm³/mol. The van der Waals surface area contributed by atoms with Gasteiger partial charge in [0.2, 0.25) is 5.91 Å². The first-order valence-corrected chi connectivity index (χ1v) is 6.97. The highest BCUT2D eigenvalue weighted by Gasteiger charge is 2.30. The summed E-state index contributed by atoms with van der Waals surface area (Å²) in [5.74, 6) is 0.0866. The van der Waals surface area contributed by atoms with Gasteiger partial charge in [-0.1, -0.05) is 12.1 Å². The van der Waals surface area contributed by atoms with E-state index in [4.69, 9.17) is 0 Å². The van der Waals surface area contributed by atoms with E-state index < -0.39 is 17.6 Å². The molecule has 2 aromatic rings. The molecule has 4 nitrogen and oxygen atoms in total. The summed E-state index contributed by atoms with van der Waals surface area (Å²) in [7, 11) is 0. The molecule has 0 radical (unpaired) electrons. The largest absolute Gasteiger partial charge is 0.416 e. The van der Waals surface area contributed by atoms with Crippen LogP contribution in [0.4, 0.5) is 19.0 Å². The normalized spacial score (nSPS) is 12.1. The van der Waals surface area contributed by atoms with Gasteiger partial charge in [0.15, 0.2) is 0 Å². The smallest absolute Gasteiger partial charge is 0.307 e. The molecule has 0 fully saturated rings. The maximum Gasteiger partial charge on any atom is 0.416 e. The van der Waals surface area contributed by atoms with Gasteiger partial charge in [-0.15, -0.1) is 0 Å². The summed E-state index contributed by atoms with van der Waals surface area (Å²) in [5.41, 5.74) is -0.453. The number of carbonyl (C=O) groups is 1. The van der Waals surface area contributed by atoms with Crippen molar-refractivity contribution in [3.05, 3.63) is 53.7 Å². The lowest BCUT2D eigenvalue weighted by molar-refractivity contribution is -0.137. The molecule has 0 saturated heterocycles. The molecule has 0 aliphatic carbocycles. The number of anilines is 1. The van der Waals surface area contributed by atoms with Crippen molar-refractivity contribution >= 4 is 17.8 Å². The van der Waals surface area contributed by atoms with E-state index in [1.54, 1.807) is 16.9 Å². The Morgan fingerprint density at radius 1 is 1.30 bits per heavy atom. The monoisotopic (exact) mass is 323 g/mol. The van der Waals surface area contributed by atoms with Crippen LogP contribution in [-0.4, -0.2) is 15.7 Å². The Morgan fingerprint density at radius 3 is 2.70 bits per heavy atom. The summed E-state index contributed by atoms with van der Waals surface area (Å²) in [6.45, 7) is 3.84. The molecule has 0 spiro atoms. The van der Waals surface area contributed by atoms with Crippen molar-refractivity contribution in [1.29, 1.82) is 0 Å². The fourth-order valence-corrected chi connectivity index (χ4v) is 1.98. The molecule has 1 N–H and O–H groups in total. The lowest BCUT2D eigenvalue weighted by Crippen LogP contribution is -2.14. The van der Waals surface area contributed by atoms with Crippen LogP contribution in [0.25, 0.3) is 6.08 Å². The highest BCUT2D eigenvalue weighted by Crippen LogP contribution is 2.29. The van der Waals surface area contributed by atoms with Gasteiger partial charge in [0.1, 0.15) is 5.82 Å². The fraction of sp³-hybridized carbons (Fsp3) is 0.250. The van der Waals surface area contributed by atoms with E-state index in [-0.39, 0.29) is 6.04 Å². The zero-order valence-corrected chi connectivity index (χ0v) is 12.6. The molecule has 23 heavy (non-hydrogen) atoms. The number of benzene rings is 1. The second-order valence-corrected chi connectivity index (χ2v) is 5.20. The first kappa shape index (κ1) is 16.8. The van der Waals surface area contributed by atoms with Crippen molar-refractivity contribution in [1.82, 2.24) is 9.78 Å². The molecule has 0 saturated carbocycles. The number of nitrogens with one attached hydrogen (secondary N) is 1. The summed E-state index contributed by atoms with van der Waals surface area (Å²) in [5, 5.41) is 6.72. The molecule has 1 aromatic heterocycles. The molecule has 0 bridgehead atoms. The minimum Gasteiger partial charge on any atom is -0.307 e. The number of aromatic nitrogens is 2. The topological polar surface area (TPSA) is 46.9 Å². The number of hydrogen-bond donors (Lipinski definition) is 1. The average Bonchev–Trinajstić information content (AvgIpc) is 2.93. The third-order valence-corrected chi connectivity index (χ3v) is 3.05. The van der Waals surface area contributed by atoms with Crippen LogP contribution < -0.4 is 5.32 Å². The maximum atomic E-state index is 12.6. The van der Waals surface area contributed by atoms with E-state index in [0.29, 0.717) is 11.4 Å². The van der Waals surface area contributed by atoms with Crippen LogP contribution >= 0.6 is 0 Å². The second-order valence-electron chi connectivity index (χ2n) is 5.20. The Kier molecular flexibility index (Phi) is 4.88. The van der Waals surface area contributed by atoms with Crippen LogP contribution in [-0.2, 0) is 11.0 Å². The van der Waals surface area contributed by atoms with Crippen molar-refractivity contribution < 1.29 is 18.0 Å². The van der Waals surface area contributed by atoms with E-state index in [9.17, 15) is 18.0 Å². The summed E-state index contributed by atoms with van der Waals surface area (Å²) < 4.78 is 39.5. The Bertz CT molecular complexity index is 717. The maximum absolute atomic E-state index is 12.6. The number of halogens is 3. The molecular formula is C16H16F3N3O. The number of amides is 1. The molecule has 1 amide bonds. The summed E-state index contributed by atoms with van der Waals surface area (Å²) in [6.07, 6.45) is -0.324. The van der Waals surface area contributed by atoms with Gasteiger partial charge in [-0.2, -0.15) is 18.3 Å². The molecule has 7 heteroatoms. The molecule has 1 heterocycles. The lowest BCUT2D eigenvalue weighted by Gasteiger charge is -2.10. The minimum absolute atomic E-state index is 0.0766. The van der Waals surface area contributed by atoms with Gasteiger partial charge >= 0.3 is 6.18 Å². The number of alkyl halides is 3. The molecule has 1 aromatic carbocycles. The average molecular weight is 323 g/mol. The van der Waals surface area contributed by atoms with Crippen molar-refractivity contribution in [3.63, 3.8) is 0 Å². The van der Waals surface area contributed by atoms with Gasteiger partial charge in [-0.25, -0.2) is 4.68 Å². The van der Waals surface area contributed by atoms with Gasteiger partial charge < -0.3 is 5.32 Å². The lowest BCUT2D eigenvalue weighted by atomic mass is 10.1. The molecule has 0 unspecified atom stereocenters. The minimum atomic E-state index is -4.41. The van der Waals surface area contributed by atoms with Crippen LogP contribution in [0.2, 0.25) is 0 Å². The zero-order chi connectivity index (χ0) is 17.0. The molecule has 122 valence electrons. The summed E-state index contributed by atoms with van der Waals surface area (Å²) in [4.78, 5) is 11.9. The van der Waals surface area contributed by atoms with Crippen molar-refractivity contribution in [2.45, 2.75) is 26.1 Å². The van der Waals surface area contributed by atoms with Gasteiger partial charge in [0.05, 0.1) is 11.8 Å². The first-order valence-electron chi connectivity index (χ1n) is 6.97. The Labute approximate surface area is 131 Å². The first-order chi connectivity index (χ1) is 10.8. The third-order valence-electron chi connectivity index (χ3n) is 3.05. The number of hydrogen-bond acceptors (Lipinski definition) is 2. The van der Waals surface area contributed by atoms with Crippen molar-refractivity contribution in [2.24, 2.45) is 0 Å². The van der Waals surface area contributed by atoms with Crippen LogP contribution in [0.15, 0.2) is 42.6 Å². The highest BCUT2D eigenvalue weighted by molar-refractivity contribution is 6.01. The molecule has 2 rings (SSSR count). The molecule has 0 aliphatic rings. The standard InChI is InChI=1S/C16H16F3N3O/c1-11(2)22-14(8-9-20-22)21-15(23)7-6-12-4-3-5-13(10-12)16(17,18)19/h3-11H,1-2H3,(H,21,23). The van der Waals surface area contributed by atoms with Gasteiger partial charge in [0, 0.05) is 18.2 Å². The summed E-state index contributed by atoms with van der Waals surface area (Å²) >= 11 is 0. The van der Waals surface area contributed by atoms with Crippen LogP contribution in [0.5, 0.6) is 0 Å². The number of nitrogens with zero attached hydrogens (tertiary/aromatic N) is 2. The predicted octanol–water partition coefficient (Wildman–Crippen LogP) is 4.13. The van der Waals surface area contributed by atoms with Gasteiger partial charge in [-0.05, 0) is 37.6 Å². The quantitative estimate of drug-likeness (QED) is 0.860. The summed E-state index contributed by atoms with van der Waals surface area (Å²) in [6, 6.07) is 6.50. The SMILES string of the molecule is CC(C)n1nccc1NC(=O)C=Cc1cccc(C(F)(F)F)c1.